The molecule has 0 bridgehead atoms. The van der Waals surface area contributed by atoms with E-state index in [-0.39, 0.29) is 17.1 Å². The average molecular weight is 442 g/mol. The van der Waals surface area contributed by atoms with Gasteiger partial charge in [0.05, 0.1) is 15.6 Å². The van der Waals surface area contributed by atoms with E-state index in [0.29, 0.717) is 6.42 Å². The summed E-state index contributed by atoms with van der Waals surface area (Å²) in [6.07, 6.45) is 3.40. The van der Waals surface area contributed by atoms with Crippen molar-refractivity contribution in [2.45, 2.75) is 25.4 Å². The van der Waals surface area contributed by atoms with Crippen LogP contribution in [0.5, 0.6) is 0 Å². The van der Waals surface area contributed by atoms with Crippen LogP contribution in [0.25, 0.3) is 20.4 Å². The smallest absolute Gasteiger partial charge is 0.409 e. The Morgan fingerprint density at radius 3 is 3.00 bits per heavy atom. The summed E-state index contributed by atoms with van der Waals surface area (Å²) >= 11 is 2.81. The van der Waals surface area contributed by atoms with E-state index < -0.39 is 0 Å². The number of nitrogens with zero attached hydrogens (tertiary/aromatic N) is 3. The Kier molecular flexibility index (Phi) is 4.67. The minimum absolute atomic E-state index is 0.0667. The van der Waals surface area contributed by atoms with E-state index in [9.17, 15) is 9.59 Å². The van der Waals surface area contributed by atoms with Crippen molar-refractivity contribution in [1.29, 1.82) is 0 Å². The normalized spacial score (nSPS) is 15.9. The van der Waals surface area contributed by atoms with E-state index in [0.717, 1.165) is 44.8 Å². The van der Waals surface area contributed by atoms with Crippen LogP contribution in [0.1, 0.15) is 16.9 Å². The third-order valence-electron chi connectivity index (χ3n) is 5.12. The highest BCUT2D eigenvalue weighted by molar-refractivity contribution is 7.19. The number of hydrogen-bond acceptors (Lipinski definition) is 8. The van der Waals surface area contributed by atoms with Crippen LogP contribution in [0.2, 0.25) is 0 Å². The Hall–Kier alpha value is -2.98. The van der Waals surface area contributed by atoms with Crippen LogP contribution < -0.4 is 10.2 Å². The Morgan fingerprint density at radius 1 is 1.30 bits per heavy atom. The first-order valence-electron chi connectivity index (χ1n) is 9.51. The van der Waals surface area contributed by atoms with Gasteiger partial charge in [0.1, 0.15) is 23.1 Å². The fourth-order valence-electron chi connectivity index (χ4n) is 3.68. The molecule has 0 aliphatic heterocycles. The molecule has 154 valence electrons. The number of carbonyl (C=O) groups excluding carboxylic acids is 1. The van der Waals surface area contributed by atoms with Gasteiger partial charge in [-0.05, 0) is 36.6 Å². The average Bonchev–Trinajstić information content (AvgIpc) is 3.26. The molecule has 1 unspecified atom stereocenters. The Labute approximate surface area is 179 Å². The molecule has 0 saturated carbocycles. The number of aromatic amines is 1. The van der Waals surface area contributed by atoms with Crippen molar-refractivity contribution in [1.82, 2.24) is 19.9 Å². The molecule has 8 nitrogen and oxygen atoms in total. The number of aryl methyl sites for hydroxylation is 1. The van der Waals surface area contributed by atoms with Crippen LogP contribution in [0.4, 0.5) is 16.3 Å². The Morgan fingerprint density at radius 2 is 2.17 bits per heavy atom. The molecule has 10 heteroatoms. The third-order valence-corrected chi connectivity index (χ3v) is 7.12. The van der Waals surface area contributed by atoms with E-state index in [4.69, 9.17) is 4.74 Å². The largest absolute Gasteiger partial charge is 0.446 e. The monoisotopic (exact) mass is 441 g/mol. The minimum atomic E-state index is -0.311. The molecule has 1 aliphatic rings. The van der Waals surface area contributed by atoms with E-state index >= 15 is 0 Å². The summed E-state index contributed by atoms with van der Waals surface area (Å²) in [5.41, 5.74) is 2.92. The maximum Gasteiger partial charge on any atom is 0.409 e. The molecule has 0 saturated heterocycles. The summed E-state index contributed by atoms with van der Waals surface area (Å²) in [5.74, 6) is 0.753. The molecule has 0 spiro atoms. The van der Waals surface area contributed by atoms with Crippen molar-refractivity contribution < 1.29 is 9.53 Å². The molecule has 0 fully saturated rings. The highest BCUT2D eigenvalue weighted by Gasteiger charge is 2.27. The molecule has 1 amide bonds. The summed E-state index contributed by atoms with van der Waals surface area (Å²) in [4.78, 5) is 38.7. The highest BCUT2D eigenvalue weighted by atomic mass is 32.1. The van der Waals surface area contributed by atoms with Crippen LogP contribution in [0.15, 0.2) is 29.3 Å². The van der Waals surface area contributed by atoms with Gasteiger partial charge in [0.25, 0.3) is 0 Å². The van der Waals surface area contributed by atoms with E-state index in [1.165, 1.54) is 26.7 Å². The van der Waals surface area contributed by atoms with Gasteiger partial charge in [-0.1, -0.05) is 11.3 Å². The number of fused-ring (bicyclic) bond motifs is 4. The summed E-state index contributed by atoms with van der Waals surface area (Å²) in [5, 5.41) is 4.42. The number of amides is 1. The number of aromatic nitrogens is 3. The number of hydrogen-bond donors (Lipinski definition) is 2. The molecule has 4 aromatic rings. The molecule has 2 N–H and O–H groups in total. The van der Waals surface area contributed by atoms with Crippen molar-refractivity contribution in [3.05, 3.63) is 44.6 Å². The van der Waals surface area contributed by atoms with Gasteiger partial charge < -0.3 is 19.9 Å². The molecule has 30 heavy (non-hydrogen) atoms. The number of rotatable bonds is 3. The van der Waals surface area contributed by atoms with Crippen molar-refractivity contribution in [2.24, 2.45) is 0 Å². The maximum atomic E-state index is 11.9. The number of nitrogens with one attached hydrogen (secondary N) is 2. The molecule has 3 heterocycles. The number of ether oxygens (including phenoxy) is 1. The van der Waals surface area contributed by atoms with Gasteiger partial charge in [0, 0.05) is 31.1 Å². The quantitative estimate of drug-likeness (QED) is 0.500. The number of H-pyrrole nitrogens is 1. The predicted molar refractivity (Wildman–Crippen MR) is 119 cm³/mol. The van der Waals surface area contributed by atoms with Gasteiger partial charge in [-0.2, -0.15) is 0 Å². The predicted octanol–water partition coefficient (Wildman–Crippen LogP) is 3.89. The first-order chi connectivity index (χ1) is 14.5. The number of anilines is 2. The van der Waals surface area contributed by atoms with Gasteiger partial charge >= 0.3 is 11.0 Å². The van der Waals surface area contributed by atoms with Crippen molar-refractivity contribution >= 4 is 60.7 Å². The highest BCUT2D eigenvalue weighted by Crippen LogP contribution is 2.39. The summed E-state index contributed by atoms with van der Waals surface area (Å²) < 4.78 is 6.49. The SMILES string of the molecule is CN(C)C(=O)OC1CCc2c(sc3ncnc(Nc4ccc5[nH]c(=O)sc5c4)c23)C1. The van der Waals surface area contributed by atoms with E-state index in [2.05, 4.69) is 20.3 Å². The van der Waals surface area contributed by atoms with Crippen LogP contribution in [-0.4, -0.2) is 46.1 Å². The van der Waals surface area contributed by atoms with Crippen molar-refractivity contribution in [3.8, 4) is 0 Å². The van der Waals surface area contributed by atoms with Crippen LogP contribution in [-0.2, 0) is 17.6 Å². The van der Waals surface area contributed by atoms with Crippen molar-refractivity contribution in [3.63, 3.8) is 0 Å². The second-order valence-electron chi connectivity index (χ2n) is 7.40. The lowest BCUT2D eigenvalue weighted by molar-refractivity contribution is 0.0685. The lowest BCUT2D eigenvalue weighted by Gasteiger charge is -2.24. The van der Waals surface area contributed by atoms with Gasteiger partial charge in [0.15, 0.2) is 0 Å². The number of carbonyl (C=O) groups is 1. The molecule has 1 aliphatic carbocycles. The lowest BCUT2D eigenvalue weighted by atomic mass is 9.94. The zero-order chi connectivity index (χ0) is 20.8. The Bertz CT molecular complexity index is 1320. The molecular weight excluding hydrogens is 422 g/mol. The van der Waals surface area contributed by atoms with Gasteiger partial charge in [-0.15, -0.1) is 11.3 Å². The van der Waals surface area contributed by atoms with Gasteiger partial charge in [0.2, 0.25) is 0 Å². The molecule has 0 radical (unpaired) electrons. The van der Waals surface area contributed by atoms with E-state index in [1.54, 1.807) is 31.8 Å². The molecule has 1 aromatic carbocycles. The summed E-state index contributed by atoms with van der Waals surface area (Å²) in [6, 6.07) is 5.76. The lowest BCUT2D eigenvalue weighted by Crippen LogP contribution is -2.31. The Balaban J connectivity index is 1.46. The fraction of sp³-hybridized carbons (Fsp3) is 0.300. The zero-order valence-electron chi connectivity index (χ0n) is 16.4. The second kappa shape index (κ2) is 7.37. The molecule has 5 rings (SSSR count). The van der Waals surface area contributed by atoms with Crippen LogP contribution >= 0.6 is 22.7 Å². The summed E-state index contributed by atoms with van der Waals surface area (Å²) in [7, 11) is 3.38. The second-order valence-corrected chi connectivity index (χ2v) is 9.50. The molecular formula is C20H19N5O3S2. The topological polar surface area (TPSA) is 100 Å². The van der Waals surface area contributed by atoms with Crippen LogP contribution in [0.3, 0.4) is 0 Å². The van der Waals surface area contributed by atoms with E-state index in [1.807, 2.05) is 18.2 Å². The third kappa shape index (κ3) is 3.41. The molecule has 3 aromatic heterocycles. The van der Waals surface area contributed by atoms with Crippen LogP contribution in [0, 0.1) is 0 Å². The van der Waals surface area contributed by atoms with Crippen molar-refractivity contribution in [2.75, 3.05) is 19.4 Å². The minimum Gasteiger partial charge on any atom is -0.446 e. The maximum absolute atomic E-state index is 11.9. The standard InChI is InChI=1S/C20H19N5O3S2/c1-25(2)20(27)28-11-4-5-12-14(8-11)29-18-16(12)17(21-9-22-18)23-10-3-6-13-15(7-10)30-19(26)24-13/h3,6-7,9,11H,4-5,8H2,1-2H3,(H,24,26)(H,21,22,23). The summed E-state index contributed by atoms with van der Waals surface area (Å²) in [6.45, 7) is 0. The number of thiazole rings is 1. The number of benzene rings is 1. The zero-order valence-corrected chi connectivity index (χ0v) is 18.0. The van der Waals surface area contributed by atoms with Gasteiger partial charge in [-0.25, -0.2) is 14.8 Å². The number of thiophene rings is 1. The molecule has 1 atom stereocenters. The first kappa shape index (κ1) is 19.0. The first-order valence-corrected chi connectivity index (χ1v) is 11.1. The van der Waals surface area contributed by atoms with Gasteiger partial charge in [-0.3, -0.25) is 4.79 Å². The fourth-order valence-corrected chi connectivity index (χ4v) is 5.71.